The predicted octanol–water partition coefficient (Wildman–Crippen LogP) is 2.02. The Balaban J connectivity index is 1.96. The van der Waals surface area contributed by atoms with Crippen LogP contribution in [0.1, 0.15) is 17.7 Å². The number of hydrogen-bond donors (Lipinski definition) is 1. The summed E-state index contributed by atoms with van der Waals surface area (Å²) < 4.78 is 5.38. The van der Waals surface area contributed by atoms with Crippen LogP contribution in [0.3, 0.4) is 0 Å². The zero-order valence-electron chi connectivity index (χ0n) is 8.58. The van der Waals surface area contributed by atoms with E-state index in [1.54, 1.807) is 0 Å². The molecule has 3 heteroatoms. The second kappa shape index (κ2) is 4.43. The standard InChI is InChI=1S/C11H17NOS/c1-12-6-3-5-11(8-13-9-11)10-4-2-7-14-10/h2,4,7,12H,3,5-6,8-9H2,1H3. The SMILES string of the molecule is CNCCCC1(c2cccs2)COC1. The van der Waals surface area contributed by atoms with E-state index in [0.717, 1.165) is 19.8 Å². The lowest BCUT2D eigenvalue weighted by Gasteiger charge is -2.41. The van der Waals surface area contributed by atoms with Crippen LogP contribution in [0.15, 0.2) is 17.5 Å². The van der Waals surface area contributed by atoms with Gasteiger partial charge in [-0.05, 0) is 37.9 Å². The second-order valence-electron chi connectivity index (χ2n) is 3.96. The second-order valence-corrected chi connectivity index (χ2v) is 4.91. The molecule has 1 aromatic rings. The van der Waals surface area contributed by atoms with Crippen LogP contribution >= 0.6 is 11.3 Å². The fourth-order valence-electron chi connectivity index (χ4n) is 1.94. The third-order valence-electron chi connectivity index (χ3n) is 2.88. The highest BCUT2D eigenvalue weighted by Gasteiger charge is 2.40. The van der Waals surface area contributed by atoms with Crippen molar-refractivity contribution in [2.24, 2.45) is 0 Å². The fraction of sp³-hybridized carbons (Fsp3) is 0.636. The molecule has 2 heterocycles. The molecule has 1 aromatic heterocycles. The van der Waals surface area contributed by atoms with E-state index in [1.807, 2.05) is 18.4 Å². The molecule has 0 unspecified atom stereocenters. The summed E-state index contributed by atoms with van der Waals surface area (Å²) in [5.41, 5.74) is 0.352. The van der Waals surface area contributed by atoms with Crippen molar-refractivity contribution >= 4 is 11.3 Å². The Hall–Kier alpha value is -0.380. The summed E-state index contributed by atoms with van der Waals surface area (Å²) in [6.45, 7) is 2.93. The van der Waals surface area contributed by atoms with Gasteiger partial charge in [0.1, 0.15) is 0 Å². The Bertz CT molecular complexity index is 267. The lowest BCUT2D eigenvalue weighted by molar-refractivity contribution is -0.0631. The van der Waals surface area contributed by atoms with E-state index < -0.39 is 0 Å². The van der Waals surface area contributed by atoms with Gasteiger partial charge in [-0.25, -0.2) is 0 Å². The third kappa shape index (κ3) is 1.85. The molecular formula is C11H17NOS. The van der Waals surface area contributed by atoms with E-state index >= 15 is 0 Å². The lowest BCUT2D eigenvalue weighted by Crippen LogP contribution is -2.46. The number of nitrogens with one attached hydrogen (secondary N) is 1. The molecule has 1 aliphatic heterocycles. The number of rotatable bonds is 5. The Morgan fingerprint density at radius 2 is 2.43 bits per heavy atom. The van der Waals surface area contributed by atoms with E-state index in [1.165, 1.54) is 17.7 Å². The van der Waals surface area contributed by atoms with E-state index in [-0.39, 0.29) is 0 Å². The van der Waals surface area contributed by atoms with Crippen molar-refractivity contribution in [1.29, 1.82) is 0 Å². The molecule has 0 radical (unpaired) electrons. The number of thiophene rings is 1. The topological polar surface area (TPSA) is 21.3 Å². The molecule has 1 fully saturated rings. The highest BCUT2D eigenvalue weighted by molar-refractivity contribution is 7.10. The Morgan fingerprint density at radius 1 is 1.57 bits per heavy atom. The van der Waals surface area contributed by atoms with Crippen molar-refractivity contribution in [3.63, 3.8) is 0 Å². The molecular weight excluding hydrogens is 194 g/mol. The molecule has 0 aliphatic carbocycles. The van der Waals surface area contributed by atoms with Crippen LogP contribution in [-0.2, 0) is 10.2 Å². The van der Waals surface area contributed by atoms with Crippen LogP contribution in [0.25, 0.3) is 0 Å². The lowest BCUT2D eigenvalue weighted by atomic mass is 9.80. The molecule has 0 atom stereocenters. The van der Waals surface area contributed by atoms with Crippen LogP contribution in [-0.4, -0.2) is 26.8 Å². The van der Waals surface area contributed by atoms with Crippen LogP contribution < -0.4 is 5.32 Å². The summed E-state index contributed by atoms with van der Waals surface area (Å²) in [7, 11) is 2.01. The largest absolute Gasteiger partial charge is 0.379 e. The van der Waals surface area contributed by atoms with E-state index in [0.29, 0.717) is 5.41 Å². The monoisotopic (exact) mass is 211 g/mol. The third-order valence-corrected chi connectivity index (χ3v) is 4.00. The molecule has 1 saturated heterocycles. The van der Waals surface area contributed by atoms with Gasteiger partial charge in [-0.2, -0.15) is 0 Å². The van der Waals surface area contributed by atoms with E-state index in [9.17, 15) is 0 Å². The van der Waals surface area contributed by atoms with Crippen molar-refractivity contribution in [2.45, 2.75) is 18.3 Å². The predicted molar refractivity (Wildman–Crippen MR) is 60.0 cm³/mol. The van der Waals surface area contributed by atoms with Crippen molar-refractivity contribution < 1.29 is 4.74 Å². The maximum Gasteiger partial charge on any atom is 0.0593 e. The van der Waals surface area contributed by atoms with Crippen molar-refractivity contribution in [1.82, 2.24) is 5.32 Å². The van der Waals surface area contributed by atoms with Gasteiger partial charge in [0.05, 0.1) is 18.6 Å². The van der Waals surface area contributed by atoms with Crippen LogP contribution in [0, 0.1) is 0 Å². The first-order valence-electron chi connectivity index (χ1n) is 5.14. The van der Waals surface area contributed by atoms with Gasteiger partial charge in [0.25, 0.3) is 0 Å². The van der Waals surface area contributed by atoms with E-state index in [4.69, 9.17) is 4.74 Å². The average Bonchev–Trinajstić information content (AvgIpc) is 2.62. The highest BCUT2D eigenvalue weighted by atomic mass is 32.1. The van der Waals surface area contributed by atoms with Gasteiger partial charge in [-0.15, -0.1) is 11.3 Å². The van der Waals surface area contributed by atoms with Crippen LogP contribution in [0.2, 0.25) is 0 Å². The van der Waals surface area contributed by atoms with Crippen LogP contribution in [0.5, 0.6) is 0 Å². The minimum Gasteiger partial charge on any atom is -0.379 e. The van der Waals surface area contributed by atoms with Gasteiger partial charge < -0.3 is 10.1 Å². The minimum absolute atomic E-state index is 0.352. The van der Waals surface area contributed by atoms with Gasteiger partial charge in [0, 0.05) is 4.88 Å². The van der Waals surface area contributed by atoms with Crippen molar-refractivity contribution in [3.8, 4) is 0 Å². The van der Waals surface area contributed by atoms with E-state index in [2.05, 4.69) is 22.8 Å². The molecule has 0 bridgehead atoms. The van der Waals surface area contributed by atoms with Gasteiger partial charge in [0.2, 0.25) is 0 Å². The molecule has 14 heavy (non-hydrogen) atoms. The van der Waals surface area contributed by atoms with Gasteiger partial charge in [0.15, 0.2) is 0 Å². The minimum atomic E-state index is 0.352. The van der Waals surface area contributed by atoms with Gasteiger partial charge >= 0.3 is 0 Å². The normalized spacial score (nSPS) is 19.2. The summed E-state index contributed by atoms with van der Waals surface area (Å²) in [5, 5.41) is 5.36. The van der Waals surface area contributed by atoms with Crippen molar-refractivity contribution in [2.75, 3.05) is 26.8 Å². The Kier molecular flexibility index (Phi) is 3.21. The highest BCUT2D eigenvalue weighted by Crippen LogP contribution is 2.39. The summed E-state index contributed by atoms with van der Waals surface area (Å²) >= 11 is 1.86. The molecule has 1 aliphatic rings. The Morgan fingerprint density at radius 3 is 2.93 bits per heavy atom. The summed E-state index contributed by atoms with van der Waals surface area (Å²) in [6, 6.07) is 4.38. The summed E-state index contributed by atoms with van der Waals surface area (Å²) in [4.78, 5) is 1.50. The molecule has 78 valence electrons. The first-order chi connectivity index (χ1) is 6.87. The number of hydrogen-bond acceptors (Lipinski definition) is 3. The molecule has 0 saturated carbocycles. The Labute approximate surface area is 89.3 Å². The molecule has 1 N–H and O–H groups in total. The molecule has 2 rings (SSSR count). The average molecular weight is 211 g/mol. The van der Waals surface area contributed by atoms with Gasteiger partial charge in [-0.3, -0.25) is 0 Å². The van der Waals surface area contributed by atoms with Crippen molar-refractivity contribution in [3.05, 3.63) is 22.4 Å². The molecule has 0 amide bonds. The first-order valence-corrected chi connectivity index (χ1v) is 6.02. The smallest absolute Gasteiger partial charge is 0.0593 e. The maximum atomic E-state index is 5.38. The fourth-order valence-corrected chi connectivity index (χ4v) is 2.87. The molecule has 0 aromatic carbocycles. The zero-order chi connectivity index (χ0) is 9.86. The summed E-state index contributed by atoms with van der Waals surface area (Å²) in [6.07, 6.45) is 2.48. The van der Waals surface area contributed by atoms with Gasteiger partial charge in [-0.1, -0.05) is 6.07 Å². The van der Waals surface area contributed by atoms with Crippen LogP contribution in [0.4, 0.5) is 0 Å². The maximum absolute atomic E-state index is 5.38. The number of ether oxygens (including phenoxy) is 1. The molecule has 2 nitrogen and oxygen atoms in total. The zero-order valence-corrected chi connectivity index (χ0v) is 9.40. The quantitative estimate of drug-likeness (QED) is 0.752. The molecule has 0 spiro atoms. The summed E-state index contributed by atoms with van der Waals surface area (Å²) in [5.74, 6) is 0. The first kappa shape index (κ1) is 10.1.